The predicted octanol–water partition coefficient (Wildman–Crippen LogP) is 3.03. The number of carbonyl (C=O) groups is 2. The molecular formula is C16H8ClN3O3. The highest BCUT2D eigenvalue weighted by atomic mass is 35.5. The first-order chi connectivity index (χ1) is 11.1. The Labute approximate surface area is 134 Å². The number of aromatic nitrogens is 3. The van der Waals surface area contributed by atoms with Crippen molar-refractivity contribution in [2.24, 2.45) is 0 Å². The van der Waals surface area contributed by atoms with Crippen LogP contribution in [0, 0.1) is 0 Å². The molecular weight excluding hydrogens is 318 g/mol. The van der Waals surface area contributed by atoms with E-state index in [1.165, 1.54) is 0 Å². The van der Waals surface area contributed by atoms with E-state index in [1.54, 1.807) is 36.4 Å². The lowest BCUT2D eigenvalue weighted by molar-refractivity contribution is 0.0691. The summed E-state index contributed by atoms with van der Waals surface area (Å²) in [5.74, 6) is -1.30. The predicted molar refractivity (Wildman–Crippen MR) is 82.7 cm³/mol. The highest BCUT2D eigenvalue weighted by molar-refractivity contribution is 6.32. The molecule has 0 aliphatic heterocycles. The average molecular weight is 326 g/mol. The van der Waals surface area contributed by atoms with Crippen LogP contribution < -0.4 is 0 Å². The van der Waals surface area contributed by atoms with Gasteiger partial charge in [-0.3, -0.25) is 4.79 Å². The number of nitrogens with one attached hydrogen (secondary N) is 1. The zero-order valence-electron chi connectivity index (χ0n) is 11.5. The first-order valence-corrected chi connectivity index (χ1v) is 7.07. The molecule has 23 heavy (non-hydrogen) atoms. The molecule has 1 aromatic heterocycles. The van der Waals surface area contributed by atoms with E-state index in [1.807, 2.05) is 0 Å². The number of H-pyrrole nitrogens is 1. The van der Waals surface area contributed by atoms with Gasteiger partial charge in [-0.25, -0.2) is 4.79 Å². The summed E-state index contributed by atoms with van der Waals surface area (Å²) in [5, 5.41) is 19.5. The van der Waals surface area contributed by atoms with Crippen LogP contribution in [-0.4, -0.2) is 32.3 Å². The van der Waals surface area contributed by atoms with Gasteiger partial charge >= 0.3 is 5.97 Å². The molecule has 6 nitrogen and oxygen atoms in total. The molecule has 0 amide bonds. The summed E-state index contributed by atoms with van der Waals surface area (Å²) in [6.45, 7) is 0. The Balaban J connectivity index is 1.89. The van der Waals surface area contributed by atoms with Crippen LogP contribution in [0.15, 0.2) is 36.4 Å². The summed E-state index contributed by atoms with van der Waals surface area (Å²) in [4.78, 5) is 23.7. The lowest BCUT2D eigenvalue weighted by Gasteiger charge is -2.03. The third-order valence-electron chi connectivity index (χ3n) is 3.80. The Bertz CT molecular complexity index is 994. The number of benzene rings is 2. The van der Waals surface area contributed by atoms with Crippen LogP contribution in [0.3, 0.4) is 0 Å². The topological polar surface area (TPSA) is 95.9 Å². The lowest BCUT2D eigenvalue weighted by atomic mass is 10.0. The highest BCUT2D eigenvalue weighted by Gasteiger charge is 2.28. The number of carboxylic acids is 1. The van der Waals surface area contributed by atoms with Crippen LogP contribution >= 0.6 is 11.6 Å². The zero-order chi connectivity index (χ0) is 16.1. The Kier molecular flexibility index (Phi) is 2.82. The number of rotatable bonds is 2. The van der Waals surface area contributed by atoms with Crippen molar-refractivity contribution in [1.29, 1.82) is 0 Å². The van der Waals surface area contributed by atoms with Crippen molar-refractivity contribution in [2.45, 2.75) is 0 Å². The van der Waals surface area contributed by atoms with Crippen LogP contribution in [0.5, 0.6) is 0 Å². The fourth-order valence-corrected chi connectivity index (χ4v) is 2.95. The first kappa shape index (κ1) is 13.7. The van der Waals surface area contributed by atoms with E-state index in [0.29, 0.717) is 21.7 Å². The van der Waals surface area contributed by atoms with Gasteiger partial charge in [0, 0.05) is 21.7 Å². The molecule has 0 fully saturated rings. The standard InChI is InChI=1S/C16H8ClN3O3/c17-8-2-4-10-11(6-8)9-3-1-7(5-12(9)15(10)21)13-14(16(22)23)19-20-18-13/h1-6H,(H,22,23)(H,18,19,20). The minimum Gasteiger partial charge on any atom is -0.476 e. The van der Waals surface area contributed by atoms with E-state index < -0.39 is 5.97 Å². The smallest absolute Gasteiger partial charge is 0.358 e. The number of aromatic amines is 1. The summed E-state index contributed by atoms with van der Waals surface area (Å²) in [6.07, 6.45) is 0. The molecule has 4 rings (SSSR count). The van der Waals surface area contributed by atoms with Crippen LogP contribution in [-0.2, 0) is 0 Å². The van der Waals surface area contributed by atoms with Crippen LogP contribution in [0.25, 0.3) is 22.4 Å². The summed E-state index contributed by atoms with van der Waals surface area (Å²) in [5.41, 5.74) is 3.17. The van der Waals surface area contributed by atoms with Crippen molar-refractivity contribution in [3.63, 3.8) is 0 Å². The lowest BCUT2D eigenvalue weighted by Crippen LogP contribution is -2.00. The number of fused-ring (bicyclic) bond motifs is 3. The molecule has 7 heteroatoms. The Morgan fingerprint density at radius 3 is 2.57 bits per heavy atom. The van der Waals surface area contributed by atoms with Gasteiger partial charge in [0.15, 0.2) is 11.5 Å². The second kappa shape index (κ2) is 4.76. The minimum atomic E-state index is -1.18. The maximum Gasteiger partial charge on any atom is 0.358 e. The maximum absolute atomic E-state index is 12.5. The molecule has 112 valence electrons. The zero-order valence-corrected chi connectivity index (χ0v) is 12.3. The van der Waals surface area contributed by atoms with Crippen LogP contribution in [0.1, 0.15) is 26.4 Å². The molecule has 0 spiro atoms. The third kappa shape index (κ3) is 1.96. The van der Waals surface area contributed by atoms with E-state index in [9.17, 15) is 9.59 Å². The fourth-order valence-electron chi connectivity index (χ4n) is 2.78. The quantitative estimate of drug-likeness (QED) is 0.590. The maximum atomic E-state index is 12.5. The van der Waals surface area contributed by atoms with Crippen molar-refractivity contribution in [3.05, 3.63) is 58.2 Å². The van der Waals surface area contributed by atoms with E-state index in [-0.39, 0.29) is 17.2 Å². The van der Waals surface area contributed by atoms with Gasteiger partial charge in [0.1, 0.15) is 5.69 Å². The molecule has 0 bridgehead atoms. The average Bonchev–Trinajstić information content (AvgIpc) is 3.12. The van der Waals surface area contributed by atoms with Gasteiger partial charge in [0.25, 0.3) is 0 Å². The number of halogens is 1. The third-order valence-corrected chi connectivity index (χ3v) is 4.04. The van der Waals surface area contributed by atoms with Crippen molar-refractivity contribution in [2.75, 3.05) is 0 Å². The molecule has 1 aliphatic carbocycles. The van der Waals surface area contributed by atoms with Gasteiger partial charge in [-0.1, -0.05) is 23.7 Å². The molecule has 2 N–H and O–H groups in total. The summed E-state index contributed by atoms with van der Waals surface area (Å²) < 4.78 is 0. The monoisotopic (exact) mass is 325 g/mol. The number of nitrogens with zero attached hydrogens (tertiary/aromatic N) is 2. The van der Waals surface area contributed by atoms with E-state index in [0.717, 1.165) is 11.1 Å². The number of hydrogen-bond acceptors (Lipinski definition) is 4. The normalized spacial score (nSPS) is 12.1. The Hall–Kier alpha value is -2.99. The fraction of sp³-hybridized carbons (Fsp3) is 0. The van der Waals surface area contributed by atoms with Gasteiger partial charge in [-0.15, -0.1) is 5.10 Å². The number of aromatic carboxylic acids is 1. The Morgan fingerprint density at radius 1 is 1.00 bits per heavy atom. The number of carboxylic acid groups (broad SMARTS) is 1. The van der Waals surface area contributed by atoms with E-state index >= 15 is 0 Å². The Morgan fingerprint density at radius 2 is 1.78 bits per heavy atom. The van der Waals surface area contributed by atoms with Gasteiger partial charge in [0.05, 0.1) is 0 Å². The van der Waals surface area contributed by atoms with Gasteiger partial charge in [-0.2, -0.15) is 10.3 Å². The van der Waals surface area contributed by atoms with Gasteiger partial charge < -0.3 is 5.11 Å². The summed E-state index contributed by atoms with van der Waals surface area (Å²) >= 11 is 6.01. The van der Waals surface area contributed by atoms with E-state index in [2.05, 4.69) is 15.4 Å². The SMILES string of the molecule is O=C1c2cc(-c3n[nH]nc3C(=O)O)ccc2-c2cc(Cl)ccc21. The van der Waals surface area contributed by atoms with Crippen molar-refractivity contribution >= 4 is 23.4 Å². The van der Waals surface area contributed by atoms with Crippen molar-refractivity contribution < 1.29 is 14.7 Å². The van der Waals surface area contributed by atoms with Crippen LogP contribution in [0.4, 0.5) is 0 Å². The van der Waals surface area contributed by atoms with Crippen LogP contribution in [0.2, 0.25) is 5.02 Å². The van der Waals surface area contributed by atoms with Crippen molar-refractivity contribution in [3.8, 4) is 22.4 Å². The molecule has 0 unspecified atom stereocenters. The van der Waals surface area contributed by atoms with Gasteiger partial charge in [-0.05, 0) is 35.4 Å². The molecule has 0 radical (unpaired) electrons. The van der Waals surface area contributed by atoms with Gasteiger partial charge in [0.2, 0.25) is 0 Å². The second-order valence-corrected chi connectivity index (χ2v) is 5.54. The minimum absolute atomic E-state index is 0.117. The van der Waals surface area contributed by atoms with Crippen molar-refractivity contribution in [1.82, 2.24) is 15.4 Å². The summed E-state index contributed by atoms with van der Waals surface area (Å²) in [7, 11) is 0. The highest BCUT2D eigenvalue weighted by Crippen LogP contribution is 2.39. The molecule has 0 saturated heterocycles. The molecule has 2 aromatic carbocycles. The number of hydrogen-bond donors (Lipinski definition) is 2. The number of carbonyl (C=O) groups excluding carboxylic acids is 1. The summed E-state index contributed by atoms with van der Waals surface area (Å²) in [6, 6.07) is 10.2. The molecule has 3 aromatic rings. The first-order valence-electron chi connectivity index (χ1n) is 6.69. The molecule has 0 atom stereocenters. The molecule has 0 saturated carbocycles. The molecule has 1 aliphatic rings. The second-order valence-electron chi connectivity index (χ2n) is 5.11. The van der Waals surface area contributed by atoms with E-state index in [4.69, 9.17) is 16.7 Å². The largest absolute Gasteiger partial charge is 0.476 e. The number of ketones is 1. The molecule has 1 heterocycles.